The van der Waals surface area contributed by atoms with Crippen LogP contribution in [0, 0.1) is 0 Å². The molecule has 0 spiro atoms. The molecule has 1 amide bonds. The first-order valence-electron chi connectivity index (χ1n) is 9.79. The molecule has 1 fully saturated rings. The van der Waals surface area contributed by atoms with E-state index < -0.39 is 22.0 Å². The number of amides is 1. The van der Waals surface area contributed by atoms with E-state index in [1.807, 2.05) is 24.3 Å². The van der Waals surface area contributed by atoms with Gasteiger partial charge in [0.15, 0.2) is 0 Å². The summed E-state index contributed by atoms with van der Waals surface area (Å²) >= 11 is 5.79. The third-order valence-corrected chi connectivity index (χ3v) is 6.79. The van der Waals surface area contributed by atoms with Crippen LogP contribution >= 0.6 is 11.6 Å². The normalized spacial score (nSPS) is 16.2. The van der Waals surface area contributed by atoms with Crippen LogP contribution in [-0.4, -0.2) is 26.4 Å². The second kappa shape index (κ2) is 9.61. The summed E-state index contributed by atoms with van der Waals surface area (Å²) in [7, 11) is -3.82. The lowest BCUT2D eigenvalue weighted by Gasteiger charge is -2.24. The van der Waals surface area contributed by atoms with E-state index in [1.54, 1.807) is 0 Å². The van der Waals surface area contributed by atoms with Gasteiger partial charge in [-0.15, -0.1) is 0 Å². The fourth-order valence-corrected chi connectivity index (χ4v) is 4.68. The Balaban J connectivity index is 1.55. The summed E-state index contributed by atoms with van der Waals surface area (Å²) in [4.78, 5) is 12.5. The quantitative estimate of drug-likeness (QED) is 0.601. The predicted molar refractivity (Wildman–Crippen MR) is 117 cm³/mol. The highest BCUT2D eigenvalue weighted by atomic mass is 35.5. The summed E-state index contributed by atoms with van der Waals surface area (Å²) < 4.78 is 27.2. The molecule has 0 saturated heterocycles. The first-order chi connectivity index (χ1) is 13.8. The number of sulfonamides is 1. The molecular formula is C21H26ClN3O3S. The molecule has 2 aromatic carbocycles. The Hall–Kier alpha value is -2.09. The number of halogens is 1. The second-order valence-corrected chi connectivity index (χ2v) is 9.49. The van der Waals surface area contributed by atoms with Crippen LogP contribution in [-0.2, 0) is 14.8 Å². The highest BCUT2D eigenvalue weighted by Gasteiger charge is 2.22. The number of nitrogens with one attached hydrogen (secondary N) is 3. The Morgan fingerprint density at radius 2 is 1.55 bits per heavy atom. The largest absolute Gasteiger partial charge is 0.382 e. The molecule has 0 aromatic heterocycles. The summed E-state index contributed by atoms with van der Waals surface area (Å²) in [5, 5.41) is 6.71. The first kappa shape index (κ1) is 21.6. The number of anilines is 2. The van der Waals surface area contributed by atoms with E-state index in [0.29, 0.717) is 16.8 Å². The zero-order valence-corrected chi connectivity index (χ0v) is 17.9. The smallest absolute Gasteiger partial charge is 0.242 e. The van der Waals surface area contributed by atoms with Gasteiger partial charge in [0, 0.05) is 22.4 Å². The molecule has 2 aromatic rings. The maximum Gasteiger partial charge on any atom is 0.242 e. The standard InChI is InChI=1S/C21H26ClN3O3S/c1-15(25-29(27,28)20-13-7-16(22)8-14-20)21(26)24-19-11-9-18(10-12-19)23-17-5-3-2-4-6-17/h7-15,17,23,25H,2-6H2,1H3,(H,24,26)/t15-/m0/s1. The topological polar surface area (TPSA) is 87.3 Å². The van der Waals surface area contributed by atoms with Gasteiger partial charge in [0.1, 0.15) is 0 Å². The maximum absolute atomic E-state index is 12.4. The fraction of sp³-hybridized carbons (Fsp3) is 0.381. The van der Waals surface area contributed by atoms with Gasteiger partial charge in [-0.3, -0.25) is 4.79 Å². The van der Waals surface area contributed by atoms with Gasteiger partial charge in [-0.2, -0.15) is 4.72 Å². The van der Waals surface area contributed by atoms with Crippen molar-refractivity contribution in [2.75, 3.05) is 10.6 Å². The van der Waals surface area contributed by atoms with E-state index in [9.17, 15) is 13.2 Å². The highest BCUT2D eigenvalue weighted by Crippen LogP contribution is 2.22. The van der Waals surface area contributed by atoms with E-state index in [0.717, 1.165) is 5.69 Å². The van der Waals surface area contributed by atoms with Gasteiger partial charge in [-0.25, -0.2) is 8.42 Å². The molecule has 0 unspecified atom stereocenters. The zero-order chi connectivity index (χ0) is 20.9. The van der Waals surface area contributed by atoms with E-state index in [2.05, 4.69) is 15.4 Å². The van der Waals surface area contributed by atoms with E-state index >= 15 is 0 Å². The lowest BCUT2D eigenvalue weighted by atomic mass is 9.95. The number of benzene rings is 2. The Morgan fingerprint density at radius 1 is 0.966 bits per heavy atom. The Kier molecular flexibility index (Phi) is 7.16. The minimum Gasteiger partial charge on any atom is -0.382 e. The fourth-order valence-electron chi connectivity index (χ4n) is 3.35. The monoisotopic (exact) mass is 435 g/mol. The molecular weight excluding hydrogens is 410 g/mol. The molecule has 0 aliphatic heterocycles. The number of carbonyl (C=O) groups is 1. The molecule has 29 heavy (non-hydrogen) atoms. The lowest BCUT2D eigenvalue weighted by Crippen LogP contribution is -2.41. The molecule has 1 aliphatic rings. The summed E-state index contributed by atoms with van der Waals surface area (Å²) in [6, 6.07) is 12.8. The van der Waals surface area contributed by atoms with Gasteiger partial charge >= 0.3 is 0 Å². The Morgan fingerprint density at radius 3 is 2.17 bits per heavy atom. The third-order valence-electron chi connectivity index (χ3n) is 4.98. The molecule has 0 bridgehead atoms. The van der Waals surface area contributed by atoms with E-state index in [-0.39, 0.29) is 4.90 Å². The van der Waals surface area contributed by atoms with Crippen LogP contribution in [0.25, 0.3) is 0 Å². The number of hydrogen-bond donors (Lipinski definition) is 3. The summed E-state index contributed by atoms with van der Waals surface area (Å²) in [6.07, 6.45) is 6.20. The molecule has 0 radical (unpaired) electrons. The Bertz CT molecular complexity index is 925. The predicted octanol–water partition coefficient (Wildman–Crippen LogP) is 4.39. The van der Waals surface area contributed by atoms with E-state index in [4.69, 9.17) is 11.6 Å². The number of rotatable bonds is 7. The van der Waals surface area contributed by atoms with E-state index in [1.165, 1.54) is 63.3 Å². The van der Waals surface area contributed by atoms with Crippen LogP contribution in [0.1, 0.15) is 39.0 Å². The molecule has 156 valence electrons. The Labute approximate surface area is 177 Å². The second-order valence-electron chi connectivity index (χ2n) is 7.34. The average molecular weight is 436 g/mol. The van der Waals surface area contributed by atoms with Gasteiger partial charge in [-0.1, -0.05) is 30.9 Å². The van der Waals surface area contributed by atoms with Gasteiger partial charge in [0.05, 0.1) is 10.9 Å². The molecule has 6 nitrogen and oxygen atoms in total. The molecule has 8 heteroatoms. The van der Waals surface area contributed by atoms with Gasteiger partial charge < -0.3 is 10.6 Å². The van der Waals surface area contributed by atoms with Crippen LogP contribution < -0.4 is 15.4 Å². The summed E-state index contributed by atoms with van der Waals surface area (Å²) in [5.74, 6) is -0.435. The van der Waals surface area contributed by atoms with Gasteiger partial charge in [-0.05, 0) is 68.3 Å². The van der Waals surface area contributed by atoms with Crippen molar-refractivity contribution in [3.05, 3.63) is 53.6 Å². The van der Waals surface area contributed by atoms with Gasteiger partial charge in [0.2, 0.25) is 15.9 Å². The highest BCUT2D eigenvalue weighted by molar-refractivity contribution is 7.89. The lowest BCUT2D eigenvalue weighted by molar-refractivity contribution is -0.117. The molecule has 1 saturated carbocycles. The van der Waals surface area contributed by atoms with Crippen LogP contribution in [0.4, 0.5) is 11.4 Å². The average Bonchev–Trinajstić information content (AvgIpc) is 2.70. The third kappa shape index (κ3) is 6.19. The molecule has 1 atom stereocenters. The number of hydrogen-bond acceptors (Lipinski definition) is 4. The van der Waals surface area contributed by atoms with Crippen molar-refractivity contribution in [2.45, 2.75) is 56.0 Å². The van der Waals surface area contributed by atoms with Crippen LogP contribution in [0.3, 0.4) is 0 Å². The van der Waals surface area contributed by atoms with Gasteiger partial charge in [0.25, 0.3) is 0 Å². The minimum atomic E-state index is -3.82. The number of carbonyl (C=O) groups excluding carboxylic acids is 1. The molecule has 1 aliphatic carbocycles. The molecule has 3 N–H and O–H groups in total. The minimum absolute atomic E-state index is 0.0553. The van der Waals surface area contributed by atoms with Crippen LogP contribution in [0.5, 0.6) is 0 Å². The van der Waals surface area contributed by atoms with Crippen molar-refractivity contribution in [3.63, 3.8) is 0 Å². The SMILES string of the molecule is C[C@H](NS(=O)(=O)c1ccc(Cl)cc1)C(=O)Nc1ccc(NC2CCCCC2)cc1. The first-order valence-corrected chi connectivity index (χ1v) is 11.6. The van der Waals surface area contributed by atoms with Crippen LogP contribution in [0.15, 0.2) is 53.4 Å². The molecule has 3 rings (SSSR count). The van der Waals surface area contributed by atoms with Crippen molar-refractivity contribution in [1.82, 2.24) is 4.72 Å². The van der Waals surface area contributed by atoms with Crippen molar-refractivity contribution in [2.24, 2.45) is 0 Å². The van der Waals surface area contributed by atoms with Crippen molar-refractivity contribution in [1.29, 1.82) is 0 Å². The summed E-state index contributed by atoms with van der Waals surface area (Å²) in [5.41, 5.74) is 1.63. The van der Waals surface area contributed by atoms with Crippen molar-refractivity contribution < 1.29 is 13.2 Å². The van der Waals surface area contributed by atoms with Crippen LogP contribution in [0.2, 0.25) is 5.02 Å². The van der Waals surface area contributed by atoms with Crippen molar-refractivity contribution >= 4 is 38.9 Å². The van der Waals surface area contributed by atoms with Crippen molar-refractivity contribution in [3.8, 4) is 0 Å². The zero-order valence-electron chi connectivity index (χ0n) is 16.3. The summed E-state index contributed by atoms with van der Waals surface area (Å²) in [6.45, 7) is 1.50. The molecule has 0 heterocycles. The maximum atomic E-state index is 12.4.